The van der Waals surface area contributed by atoms with Crippen molar-refractivity contribution in [3.05, 3.63) is 28.7 Å². The van der Waals surface area contributed by atoms with Gasteiger partial charge < -0.3 is 10.1 Å². The standard InChI is InChI=1S/C11H12BrNO2/c1-7-6-10(11(14)15-7)13-9-4-2-8(12)3-5-9/h2-5,7,10,13H,6H2,1H3/t7-,10-/m0/s1. The molecule has 80 valence electrons. The van der Waals surface area contributed by atoms with E-state index >= 15 is 0 Å². The Morgan fingerprint density at radius 3 is 2.60 bits per heavy atom. The van der Waals surface area contributed by atoms with Crippen molar-refractivity contribution in [2.45, 2.75) is 25.5 Å². The molecule has 15 heavy (non-hydrogen) atoms. The quantitative estimate of drug-likeness (QED) is 0.839. The number of esters is 1. The smallest absolute Gasteiger partial charge is 0.328 e. The van der Waals surface area contributed by atoms with Crippen molar-refractivity contribution in [1.82, 2.24) is 0 Å². The lowest BCUT2D eigenvalue weighted by atomic mass is 10.2. The van der Waals surface area contributed by atoms with E-state index in [9.17, 15) is 4.79 Å². The van der Waals surface area contributed by atoms with Gasteiger partial charge in [0, 0.05) is 16.6 Å². The molecular weight excluding hydrogens is 258 g/mol. The second kappa shape index (κ2) is 4.23. The third-order valence-electron chi connectivity index (χ3n) is 2.35. The van der Waals surface area contributed by atoms with Crippen LogP contribution in [-0.2, 0) is 9.53 Å². The summed E-state index contributed by atoms with van der Waals surface area (Å²) in [6, 6.07) is 7.53. The summed E-state index contributed by atoms with van der Waals surface area (Å²) >= 11 is 3.36. The number of nitrogens with one attached hydrogen (secondary N) is 1. The lowest BCUT2D eigenvalue weighted by Gasteiger charge is -2.09. The first-order chi connectivity index (χ1) is 7.15. The maximum absolute atomic E-state index is 11.4. The van der Waals surface area contributed by atoms with E-state index in [4.69, 9.17) is 4.74 Å². The Hall–Kier alpha value is -1.03. The molecule has 2 atom stereocenters. The molecular formula is C11H12BrNO2. The van der Waals surface area contributed by atoms with Gasteiger partial charge in [0.25, 0.3) is 0 Å². The fourth-order valence-electron chi connectivity index (χ4n) is 1.62. The van der Waals surface area contributed by atoms with E-state index in [0.29, 0.717) is 0 Å². The topological polar surface area (TPSA) is 38.3 Å². The van der Waals surface area contributed by atoms with Crippen LogP contribution in [0.3, 0.4) is 0 Å². The maximum atomic E-state index is 11.4. The number of anilines is 1. The Morgan fingerprint density at radius 2 is 2.07 bits per heavy atom. The van der Waals surface area contributed by atoms with Crippen molar-refractivity contribution >= 4 is 27.6 Å². The molecule has 3 nitrogen and oxygen atoms in total. The average molecular weight is 270 g/mol. The minimum Gasteiger partial charge on any atom is -0.461 e. The molecule has 1 fully saturated rings. The van der Waals surface area contributed by atoms with Gasteiger partial charge in [-0.05, 0) is 31.2 Å². The van der Waals surface area contributed by atoms with Crippen molar-refractivity contribution in [2.75, 3.05) is 5.32 Å². The van der Waals surface area contributed by atoms with Crippen molar-refractivity contribution < 1.29 is 9.53 Å². The van der Waals surface area contributed by atoms with Crippen molar-refractivity contribution in [2.24, 2.45) is 0 Å². The minimum absolute atomic E-state index is 0.0189. The number of hydrogen-bond donors (Lipinski definition) is 1. The first-order valence-electron chi connectivity index (χ1n) is 4.88. The van der Waals surface area contributed by atoms with Gasteiger partial charge in [0.1, 0.15) is 12.1 Å². The monoisotopic (exact) mass is 269 g/mol. The molecule has 1 aliphatic heterocycles. The summed E-state index contributed by atoms with van der Waals surface area (Å²) in [5, 5.41) is 3.15. The van der Waals surface area contributed by atoms with Crippen LogP contribution in [0, 0.1) is 0 Å². The highest BCUT2D eigenvalue weighted by Gasteiger charge is 2.31. The molecule has 1 heterocycles. The molecule has 0 aliphatic carbocycles. The molecule has 0 amide bonds. The van der Waals surface area contributed by atoms with E-state index in [2.05, 4.69) is 21.2 Å². The van der Waals surface area contributed by atoms with E-state index in [1.54, 1.807) is 0 Å². The van der Waals surface area contributed by atoms with Gasteiger partial charge in [-0.3, -0.25) is 0 Å². The van der Waals surface area contributed by atoms with Crippen LogP contribution in [0.4, 0.5) is 5.69 Å². The Kier molecular flexibility index (Phi) is 2.95. The second-order valence-corrected chi connectivity index (χ2v) is 4.60. The fraction of sp³-hybridized carbons (Fsp3) is 0.364. The van der Waals surface area contributed by atoms with Crippen LogP contribution in [0.15, 0.2) is 28.7 Å². The maximum Gasteiger partial charge on any atom is 0.328 e. The molecule has 0 bridgehead atoms. The van der Waals surface area contributed by atoms with E-state index < -0.39 is 0 Å². The molecule has 1 aromatic carbocycles. The number of hydrogen-bond acceptors (Lipinski definition) is 3. The average Bonchev–Trinajstić information content (AvgIpc) is 2.49. The van der Waals surface area contributed by atoms with Gasteiger partial charge in [-0.15, -0.1) is 0 Å². The summed E-state index contributed by atoms with van der Waals surface area (Å²) < 4.78 is 6.08. The number of carbonyl (C=O) groups is 1. The van der Waals surface area contributed by atoms with Crippen molar-refractivity contribution in [3.8, 4) is 0 Å². The van der Waals surface area contributed by atoms with Crippen LogP contribution in [0.1, 0.15) is 13.3 Å². The molecule has 4 heteroatoms. The van der Waals surface area contributed by atoms with Gasteiger partial charge >= 0.3 is 5.97 Å². The molecule has 0 unspecified atom stereocenters. The molecule has 1 N–H and O–H groups in total. The Bertz CT molecular complexity index is 363. The molecule has 1 aliphatic rings. The number of cyclic esters (lactones) is 1. The van der Waals surface area contributed by atoms with Crippen LogP contribution in [0.2, 0.25) is 0 Å². The summed E-state index contributed by atoms with van der Waals surface area (Å²) in [5.41, 5.74) is 0.939. The summed E-state index contributed by atoms with van der Waals surface area (Å²) in [7, 11) is 0. The predicted molar refractivity (Wildman–Crippen MR) is 61.7 cm³/mol. The van der Waals surface area contributed by atoms with Gasteiger partial charge in [-0.1, -0.05) is 15.9 Å². The van der Waals surface area contributed by atoms with Gasteiger partial charge in [0.05, 0.1) is 0 Å². The van der Waals surface area contributed by atoms with Crippen LogP contribution < -0.4 is 5.32 Å². The van der Waals surface area contributed by atoms with Gasteiger partial charge in [0.2, 0.25) is 0 Å². The lowest BCUT2D eigenvalue weighted by molar-refractivity contribution is -0.141. The normalized spacial score (nSPS) is 25.1. The lowest BCUT2D eigenvalue weighted by Crippen LogP contribution is -2.24. The van der Waals surface area contributed by atoms with Crippen LogP contribution in [0.25, 0.3) is 0 Å². The first-order valence-corrected chi connectivity index (χ1v) is 5.67. The molecule has 0 saturated carbocycles. The predicted octanol–water partition coefficient (Wildman–Crippen LogP) is 2.57. The van der Waals surface area contributed by atoms with Gasteiger partial charge in [-0.2, -0.15) is 0 Å². The molecule has 1 aromatic rings. The zero-order valence-corrected chi connectivity index (χ0v) is 9.95. The molecule has 2 rings (SSSR count). The van der Waals surface area contributed by atoms with Crippen LogP contribution in [0.5, 0.6) is 0 Å². The van der Waals surface area contributed by atoms with Gasteiger partial charge in [-0.25, -0.2) is 4.79 Å². The van der Waals surface area contributed by atoms with Crippen LogP contribution in [-0.4, -0.2) is 18.1 Å². The Balaban J connectivity index is 2.03. The highest BCUT2D eigenvalue weighted by Crippen LogP contribution is 2.20. The zero-order chi connectivity index (χ0) is 10.8. The third-order valence-corrected chi connectivity index (χ3v) is 2.88. The van der Waals surface area contributed by atoms with Crippen LogP contribution >= 0.6 is 15.9 Å². The second-order valence-electron chi connectivity index (χ2n) is 3.69. The van der Waals surface area contributed by atoms with E-state index in [0.717, 1.165) is 16.6 Å². The summed E-state index contributed by atoms with van der Waals surface area (Å²) in [5.74, 6) is -0.162. The third kappa shape index (κ3) is 2.50. The van der Waals surface area contributed by atoms with E-state index in [-0.39, 0.29) is 18.1 Å². The fourth-order valence-corrected chi connectivity index (χ4v) is 1.89. The number of rotatable bonds is 2. The van der Waals surface area contributed by atoms with E-state index in [1.165, 1.54) is 0 Å². The highest BCUT2D eigenvalue weighted by molar-refractivity contribution is 9.10. The molecule has 1 saturated heterocycles. The number of carbonyl (C=O) groups excluding carboxylic acids is 1. The Labute approximate surface area is 96.9 Å². The van der Waals surface area contributed by atoms with E-state index in [1.807, 2.05) is 31.2 Å². The molecule has 0 spiro atoms. The molecule has 0 aromatic heterocycles. The van der Waals surface area contributed by atoms with Crippen molar-refractivity contribution in [1.29, 1.82) is 0 Å². The zero-order valence-electron chi connectivity index (χ0n) is 8.37. The number of halogens is 1. The molecule has 0 radical (unpaired) electrons. The summed E-state index contributed by atoms with van der Waals surface area (Å²) in [6.07, 6.45) is 0.750. The highest BCUT2D eigenvalue weighted by atomic mass is 79.9. The number of benzene rings is 1. The Morgan fingerprint density at radius 1 is 1.40 bits per heavy atom. The first kappa shape index (κ1) is 10.5. The summed E-state index contributed by atoms with van der Waals surface area (Å²) in [6.45, 7) is 1.90. The minimum atomic E-state index is -0.207. The summed E-state index contributed by atoms with van der Waals surface area (Å²) in [4.78, 5) is 11.4. The SMILES string of the molecule is C[C@H]1C[C@H](Nc2ccc(Br)cc2)C(=O)O1. The largest absolute Gasteiger partial charge is 0.461 e. The number of ether oxygens (including phenoxy) is 1. The van der Waals surface area contributed by atoms with Crippen molar-refractivity contribution in [3.63, 3.8) is 0 Å². The van der Waals surface area contributed by atoms with Gasteiger partial charge in [0.15, 0.2) is 0 Å².